The fraction of sp³-hybridized carbons (Fsp3) is 0.207. The van der Waals surface area contributed by atoms with Crippen molar-refractivity contribution in [2.45, 2.75) is 12.8 Å². The van der Waals surface area contributed by atoms with Crippen LogP contribution < -0.4 is 30.2 Å². The third kappa shape index (κ3) is 5.18. The molecule has 2 amide bonds. The molecule has 5 rings (SSSR count). The average Bonchev–Trinajstić information content (AvgIpc) is 3.77. The SMILES string of the molecule is CNc1cc(Oc2ccc(NC(=O)C3(C(=O)Nc4ccc(F)cc4)CC3)cc2F)c2cc(OC)c(OC)cc2n1. The summed E-state index contributed by atoms with van der Waals surface area (Å²) in [6, 6.07) is 14.2. The molecule has 206 valence electrons. The monoisotopic (exact) mass is 548 g/mol. The number of carbonyl (C=O) groups excluding carboxylic acids is 2. The Morgan fingerprint density at radius 3 is 2.02 bits per heavy atom. The van der Waals surface area contributed by atoms with Gasteiger partial charge in [0.25, 0.3) is 0 Å². The minimum atomic E-state index is -1.28. The molecule has 1 aliphatic carbocycles. The van der Waals surface area contributed by atoms with Gasteiger partial charge in [-0.2, -0.15) is 0 Å². The Hall–Kier alpha value is -4.93. The van der Waals surface area contributed by atoms with Gasteiger partial charge in [0.05, 0.1) is 19.7 Å². The first-order valence-corrected chi connectivity index (χ1v) is 12.4. The maximum absolute atomic E-state index is 15.2. The zero-order valence-corrected chi connectivity index (χ0v) is 21.9. The molecule has 3 N–H and O–H groups in total. The highest BCUT2D eigenvalue weighted by molar-refractivity contribution is 6.16. The largest absolute Gasteiger partial charge is 0.493 e. The van der Waals surface area contributed by atoms with E-state index in [0.29, 0.717) is 52.5 Å². The molecule has 4 aromatic rings. The number of halogens is 2. The van der Waals surface area contributed by atoms with Crippen molar-refractivity contribution >= 4 is 39.9 Å². The second-order valence-electron chi connectivity index (χ2n) is 9.22. The minimum absolute atomic E-state index is 0.0856. The maximum atomic E-state index is 15.2. The van der Waals surface area contributed by atoms with Crippen molar-refractivity contribution in [1.29, 1.82) is 0 Å². The third-order valence-electron chi connectivity index (χ3n) is 6.66. The van der Waals surface area contributed by atoms with Crippen molar-refractivity contribution in [3.8, 4) is 23.0 Å². The number of aromatic nitrogens is 1. The molecule has 3 aromatic carbocycles. The standard InChI is InChI=1S/C29H26F2N4O5/c1-32-26-15-23(19-13-24(38-2)25(39-3)14-21(19)35-26)40-22-9-8-18(12-20(22)31)34-28(37)29(10-11-29)27(36)33-17-6-4-16(30)5-7-17/h4-9,12-15H,10-11H2,1-3H3,(H,32,35)(H,33,36)(H,34,37). The number of fused-ring (bicyclic) bond motifs is 1. The van der Waals surface area contributed by atoms with Gasteiger partial charge in [0.1, 0.15) is 22.8 Å². The molecule has 1 saturated carbocycles. The number of ether oxygens (including phenoxy) is 3. The molecule has 0 aliphatic heterocycles. The Kier molecular flexibility index (Phi) is 7.12. The van der Waals surface area contributed by atoms with Crippen LogP contribution in [0, 0.1) is 17.0 Å². The van der Waals surface area contributed by atoms with Gasteiger partial charge < -0.3 is 30.2 Å². The van der Waals surface area contributed by atoms with Crippen LogP contribution in [0.15, 0.2) is 60.7 Å². The Morgan fingerprint density at radius 2 is 1.43 bits per heavy atom. The van der Waals surface area contributed by atoms with Crippen LogP contribution in [0.2, 0.25) is 0 Å². The van der Waals surface area contributed by atoms with E-state index in [1.165, 1.54) is 50.6 Å². The Balaban J connectivity index is 1.34. The molecular formula is C29H26F2N4O5. The lowest BCUT2D eigenvalue weighted by molar-refractivity contribution is -0.131. The van der Waals surface area contributed by atoms with Gasteiger partial charge in [-0.1, -0.05) is 0 Å². The quantitative estimate of drug-likeness (QED) is 0.229. The zero-order chi connectivity index (χ0) is 28.4. The van der Waals surface area contributed by atoms with Gasteiger partial charge in [-0.3, -0.25) is 9.59 Å². The van der Waals surface area contributed by atoms with E-state index < -0.39 is 28.9 Å². The Morgan fingerprint density at radius 1 is 0.800 bits per heavy atom. The van der Waals surface area contributed by atoms with Gasteiger partial charge in [0, 0.05) is 42.0 Å². The number of methoxy groups -OCH3 is 2. The van der Waals surface area contributed by atoms with E-state index in [1.54, 1.807) is 25.2 Å². The van der Waals surface area contributed by atoms with Crippen LogP contribution in [0.4, 0.5) is 26.0 Å². The number of nitrogens with zero attached hydrogens (tertiary/aromatic N) is 1. The Labute approximate surface area is 228 Å². The molecule has 0 atom stereocenters. The number of anilines is 3. The van der Waals surface area contributed by atoms with Crippen molar-refractivity contribution in [3.63, 3.8) is 0 Å². The topological polar surface area (TPSA) is 111 Å². The molecule has 0 saturated heterocycles. The molecule has 0 radical (unpaired) electrons. The van der Waals surface area contributed by atoms with Crippen molar-refractivity contribution in [1.82, 2.24) is 4.98 Å². The lowest BCUT2D eigenvalue weighted by Crippen LogP contribution is -2.35. The normalized spacial score (nSPS) is 13.3. The highest BCUT2D eigenvalue weighted by atomic mass is 19.1. The fourth-order valence-corrected chi connectivity index (χ4v) is 4.23. The summed E-state index contributed by atoms with van der Waals surface area (Å²) >= 11 is 0. The summed E-state index contributed by atoms with van der Waals surface area (Å²) in [5, 5.41) is 8.78. The van der Waals surface area contributed by atoms with E-state index in [2.05, 4.69) is 20.9 Å². The van der Waals surface area contributed by atoms with Gasteiger partial charge in [0.2, 0.25) is 11.8 Å². The second-order valence-corrected chi connectivity index (χ2v) is 9.22. The first kappa shape index (κ1) is 26.7. The van der Waals surface area contributed by atoms with Crippen LogP contribution in [0.5, 0.6) is 23.0 Å². The zero-order valence-electron chi connectivity index (χ0n) is 21.9. The van der Waals surface area contributed by atoms with Crippen LogP contribution >= 0.6 is 0 Å². The number of hydrogen-bond acceptors (Lipinski definition) is 7. The molecule has 1 aromatic heterocycles. The maximum Gasteiger partial charge on any atom is 0.240 e. The van der Waals surface area contributed by atoms with E-state index in [1.807, 2.05) is 0 Å². The summed E-state index contributed by atoms with van der Waals surface area (Å²) < 4.78 is 45.0. The first-order valence-electron chi connectivity index (χ1n) is 12.4. The van der Waals surface area contributed by atoms with E-state index in [9.17, 15) is 14.0 Å². The summed E-state index contributed by atoms with van der Waals surface area (Å²) in [5.74, 6) is -0.567. The number of amides is 2. The lowest BCUT2D eigenvalue weighted by atomic mass is 10.0. The molecule has 9 nitrogen and oxygen atoms in total. The molecular weight excluding hydrogens is 522 g/mol. The Bertz CT molecular complexity index is 1610. The third-order valence-corrected chi connectivity index (χ3v) is 6.66. The van der Waals surface area contributed by atoms with Gasteiger partial charge in [0.15, 0.2) is 23.1 Å². The molecule has 0 unspecified atom stereocenters. The van der Waals surface area contributed by atoms with Crippen LogP contribution in [-0.2, 0) is 9.59 Å². The average molecular weight is 549 g/mol. The summed E-state index contributed by atoms with van der Waals surface area (Å²) in [7, 11) is 4.72. The second kappa shape index (κ2) is 10.7. The van der Waals surface area contributed by atoms with Crippen LogP contribution in [-0.4, -0.2) is 38.1 Å². The lowest BCUT2D eigenvalue weighted by Gasteiger charge is -2.16. The summed E-state index contributed by atoms with van der Waals surface area (Å²) in [6.45, 7) is 0. The van der Waals surface area contributed by atoms with Crippen molar-refractivity contribution < 1.29 is 32.6 Å². The number of pyridine rings is 1. The molecule has 0 bridgehead atoms. The van der Waals surface area contributed by atoms with E-state index in [-0.39, 0.29) is 11.4 Å². The summed E-state index contributed by atoms with van der Waals surface area (Å²) in [6.07, 6.45) is 0.680. The number of rotatable bonds is 9. The number of benzene rings is 3. The van der Waals surface area contributed by atoms with E-state index >= 15 is 4.39 Å². The van der Waals surface area contributed by atoms with Gasteiger partial charge in [-0.25, -0.2) is 13.8 Å². The molecule has 1 heterocycles. The highest BCUT2D eigenvalue weighted by Crippen LogP contribution is 2.47. The van der Waals surface area contributed by atoms with Gasteiger partial charge in [-0.05, 0) is 55.3 Å². The number of nitrogens with one attached hydrogen (secondary N) is 3. The molecule has 11 heteroatoms. The predicted octanol–water partition coefficient (Wildman–Crippen LogP) is 5.72. The van der Waals surface area contributed by atoms with Crippen molar-refractivity contribution in [2.24, 2.45) is 5.41 Å². The van der Waals surface area contributed by atoms with Gasteiger partial charge in [-0.15, -0.1) is 0 Å². The fourth-order valence-electron chi connectivity index (χ4n) is 4.23. The number of carbonyl (C=O) groups is 2. The van der Waals surface area contributed by atoms with E-state index in [4.69, 9.17) is 14.2 Å². The smallest absolute Gasteiger partial charge is 0.240 e. The van der Waals surface area contributed by atoms with Crippen LogP contribution in [0.25, 0.3) is 10.9 Å². The van der Waals surface area contributed by atoms with Gasteiger partial charge >= 0.3 is 0 Å². The molecule has 1 aliphatic rings. The van der Waals surface area contributed by atoms with Crippen molar-refractivity contribution in [3.05, 3.63) is 72.3 Å². The van der Waals surface area contributed by atoms with Crippen molar-refractivity contribution in [2.75, 3.05) is 37.2 Å². The molecule has 0 spiro atoms. The minimum Gasteiger partial charge on any atom is -0.493 e. The van der Waals surface area contributed by atoms with Crippen LogP contribution in [0.1, 0.15) is 12.8 Å². The summed E-state index contributed by atoms with van der Waals surface area (Å²) in [5.41, 5.74) is -0.200. The van der Waals surface area contributed by atoms with E-state index in [0.717, 1.165) is 6.07 Å². The highest BCUT2D eigenvalue weighted by Gasteiger charge is 2.56. The molecule has 1 fully saturated rings. The summed E-state index contributed by atoms with van der Waals surface area (Å²) in [4.78, 5) is 30.3. The first-order chi connectivity index (χ1) is 19.3. The number of hydrogen-bond donors (Lipinski definition) is 3. The molecule has 40 heavy (non-hydrogen) atoms. The van der Waals surface area contributed by atoms with Crippen LogP contribution in [0.3, 0.4) is 0 Å². The predicted molar refractivity (Wildman–Crippen MR) is 146 cm³/mol.